The molecule has 4 nitrogen and oxygen atoms in total. The van der Waals surface area contributed by atoms with Crippen molar-refractivity contribution in [3.05, 3.63) is 18.0 Å². The van der Waals surface area contributed by atoms with Crippen molar-refractivity contribution in [2.45, 2.75) is 52.4 Å². The van der Waals surface area contributed by atoms with Crippen LogP contribution in [0.5, 0.6) is 0 Å². The minimum atomic E-state index is -0.840. The Morgan fingerprint density at radius 3 is 2.38 bits per heavy atom. The summed E-state index contributed by atoms with van der Waals surface area (Å²) in [4.78, 5) is 0. The van der Waals surface area contributed by atoms with E-state index in [1.165, 1.54) is 0 Å². The summed E-state index contributed by atoms with van der Waals surface area (Å²) in [6.45, 7) is 6.73. The van der Waals surface area contributed by atoms with Gasteiger partial charge in [0.2, 0.25) is 0 Å². The molecule has 0 aliphatic carbocycles. The maximum absolute atomic E-state index is 10.1. The van der Waals surface area contributed by atoms with Crippen molar-refractivity contribution in [2.75, 3.05) is 0 Å². The summed E-state index contributed by atoms with van der Waals surface area (Å²) in [5, 5.41) is 24.3. The number of aromatic nitrogens is 2. The highest BCUT2D eigenvalue weighted by Crippen LogP contribution is 2.25. The van der Waals surface area contributed by atoms with Crippen molar-refractivity contribution < 1.29 is 10.2 Å². The van der Waals surface area contributed by atoms with Crippen LogP contribution in [0.3, 0.4) is 0 Å². The lowest BCUT2D eigenvalue weighted by atomic mass is 9.91. The van der Waals surface area contributed by atoms with E-state index < -0.39 is 12.2 Å². The van der Waals surface area contributed by atoms with Gasteiger partial charge in [-0.05, 0) is 18.9 Å². The average molecular weight is 226 g/mol. The molecule has 2 atom stereocenters. The highest BCUT2D eigenvalue weighted by Gasteiger charge is 2.27. The highest BCUT2D eigenvalue weighted by molar-refractivity contribution is 5.06. The van der Waals surface area contributed by atoms with E-state index in [9.17, 15) is 10.2 Å². The first-order valence-corrected chi connectivity index (χ1v) is 6.03. The van der Waals surface area contributed by atoms with Crippen LogP contribution in [-0.4, -0.2) is 26.1 Å². The van der Waals surface area contributed by atoms with E-state index in [0.29, 0.717) is 12.2 Å². The summed E-state index contributed by atoms with van der Waals surface area (Å²) in [5.74, 6) is 0.134. The Labute approximate surface area is 96.9 Å². The monoisotopic (exact) mass is 226 g/mol. The molecule has 1 heterocycles. The zero-order valence-electron chi connectivity index (χ0n) is 10.3. The molecular weight excluding hydrogens is 204 g/mol. The predicted octanol–water partition coefficient (Wildman–Crippen LogP) is 1.73. The minimum Gasteiger partial charge on any atom is -0.390 e. The van der Waals surface area contributed by atoms with Crippen LogP contribution in [0.15, 0.2) is 12.3 Å². The summed E-state index contributed by atoms with van der Waals surface area (Å²) >= 11 is 0. The first kappa shape index (κ1) is 13.2. The van der Waals surface area contributed by atoms with Crippen LogP contribution in [0.2, 0.25) is 0 Å². The van der Waals surface area contributed by atoms with Gasteiger partial charge in [-0.15, -0.1) is 0 Å². The fraction of sp³-hybridized carbons (Fsp3) is 0.750. The van der Waals surface area contributed by atoms with Gasteiger partial charge in [0, 0.05) is 12.7 Å². The fourth-order valence-corrected chi connectivity index (χ4v) is 2.06. The molecule has 0 aliphatic heterocycles. The van der Waals surface area contributed by atoms with Crippen LogP contribution >= 0.6 is 0 Å². The molecule has 0 radical (unpaired) electrons. The summed E-state index contributed by atoms with van der Waals surface area (Å²) < 4.78 is 1.72. The van der Waals surface area contributed by atoms with Crippen LogP contribution < -0.4 is 0 Å². The number of rotatable bonds is 6. The second kappa shape index (κ2) is 6.01. The molecule has 4 heteroatoms. The van der Waals surface area contributed by atoms with E-state index in [1.54, 1.807) is 16.9 Å². The molecule has 92 valence electrons. The van der Waals surface area contributed by atoms with Gasteiger partial charge in [-0.2, -0.15) is 5.10 Å². The minimum absolute atomic E-state index is 0.134. The first-order chi connectivity index (χ1) is 7.65. The van der Waals surface area contributed by atoms with E-state index in [1.807, 2.05) is 20.8 Å². The van der Waals surface area contributed by atoms with Crippen molar-refractivity contribution in [1.29, 1.82) is 0 Å². The Hall–Kier alpha value is -0.870. The number of hydrogen-bond acceptors (Lipinski definition) is 3. The predicted molar refractivity (Wildman–Crippen MR) is 62.9 cm³/mol. The number of nitrogens with zero attached hydrogens (tertiary/aromatic N) is 2. The Bertz CT molecular complexity index is 308. The summed E-state index contributed by atoms with van der Waals surface area (Å²) in [5.41, 5.74) is 0.696. The van der Waals surface area contributed by atoms with Gasteiger partial charge in [0.15, 0.2) is 0 Å². The molecule has 0 fully saturated rings. The number of aliphatic hydroxyl groups excluding tert-OH is 2. The zero-order chi connectivity index (χ0) is 12.1. The number of aliphatic hydroxyl groups is 2. The summed E-state index contributed by atoms with van der Waals surface area (Å²) in [7, 11) is 0. The third kappa shape index (κ3) is 2.62. The lowest BCUT2D eigenvalue weighted by Crippen LogP contribution is -2.28. The zero-order valence-corrected chi connectivity index (χ0v) is 10.3. The standard InChI is InChI=1S/C12H22N2O2/c1-4-9(5-2)11(15)12(16)10-7-8-13-14(10)6-3/h7-9,11-12,15-16H,4-6H2,1-3H3. The largest absolute Gasteiger partial charge is 0.390 e. The average Bonchev–Trinajstić information content (AvgIpc) is 2.77. The van der Waals surface area contributed by atoms with Crippen LogP contribution in [0.4, 0.5) is 0 Å². The SMILES string of the molecule is CCC(CC)C(O)C(O)c1ccnn1CC. The van der Waals surface area contributed by atoms with Crippen molar-refractivity contribution in [1.82, 2.24) is 9.78 Å². The molecule has 2 N–H and O–H groups in total. The molecule has 1 aromatic heterocycles. The third-order valence-corrected chi connectivity index (χ3v) is 3.21. The van der Waals surface area contributed by atoms with Crippen molar-refractivity contribution in [3.8, 4) is 0 Å². The van der Waals surface area contributed by atoms with Gasteiger partial charge in [0.25, 0.3) is 0 Å². The van der Waals surface area contributed by atoms with Gasteiger partial charge in [0.05, 0.1) is 11.8 Å². The second-order valence-electron chi connectivity index (χ2n) is 4.08. The van der Waals surface area contributed by atoms with E-state index in [4.69, 9.17) is 0 Å². The number of hydrogen-bond donors (Lipinski definition) is 2. The smallest absolute Gasteiger partial charge is 0.122 e. The van der Waals surface area contributed by atoms with Gasteiger partial charge in [0.1, 0.15) is 6.10 Å². The molecule has 2 unspecified atom stereocenters. The van der Waals surface area contributed by atoms with E-state index in [-0.39, 0.29) is 5.92 Å². The van der Waals surface area contributed by atoms with Gasteiger partial charge in [-0.25, -0.2) is 0 Å². The molecule has 0 amide bonds. The third-order valence-electron chi connectivity index (χ3n) is 3.21. The van der Waals surface area contributed by atoms with Crippen LogP contribution in [0.25, 0.3) is 0 Å². The number of aryl methyl sites for hydroxylation is 1. The maximum Gasteiger partial charge on any atom is 0.122 e. The maximum atomic E-state index is 10.1. The first-order valence-electron chi connectivity index (χ1n) is 6.03. The molecule has 0 aromatic carbocycles. The Kier molecular flexibility index (Phi) is 4.96. The Morgan fingerprint density at radius 1 is 1.25 bits per heavy atom. The quantitative estimate of drug-likeness (QED) is 0.776. The molecule has 0 bridgehead atoms. The lowest BCUT2D eigenvalue weighted by molar-refractivity contribution is -0.0251. The summed E-state index contributed by atoms with van der Waals surface area (Å²) in [6.07, 6.45) is 1.84. The van der Waals surface area contributed by atoms with Gasteiger partial charge >= 0.3 is 0 Å². The molecule has 0 aliphatic rings. The van der Waals surface area contributed by atoms with Gasteiger partial charge in [-0.3, -0.25) is 4.68 Å². The Balaban J connectivity index is 2.80. The Morgan fingerprint density at radius 2 is 1.88 bits per heavy atom. The molecule has 0 spiro atoms. The van der Waals surface area contributed by atoms with Crippen LogP contribution in [-0.2, 0) is 6.54 Å². The van der Waals surface area contributed by atoms with Crippen LogP contribution in [0, 0.1) is 5.92 Å². The van der Waals surface area contributed by atoms with E-state index in [0.717, 1.165) is 12.8 Å². The summed E-state index contributed by atoms with van der Waals surface area (Å²) in [6, 6.07) is 1.76. The highest BCUT2D eigenvalue weighted by atomic mass is 16.3. The molecule has 16 heavy (non-hydrogen) atoms. The van der Waals surface area contributed by atoms with Gasteiger partial charge in [-0.1, -0.05) is 26.7 Å². The fourth-order valence-electron chi connectivity index (χ4n) is 2.06. The van der Waals surface area contributed by atoms with E-state index in [2.05, 4.69) is 5.10 Å². The molecular formula is C12H22N2O2. The lowest BCUT2D eigenvalue weighted by Gasteiger charge is -2.25. The van der Waals surface area contributed by atoms with Crippen molar-refractivity contribution >= 4 is 0 Å². The molecule has 0 saturated heterocycles. The molecule has 0 saturated carbocycles. The van der Waals surface area contributed by atoms with Crippen molar-refractivity contribution in [2.24, 2.45) is 5.92 Å². The second-order valence-corrected chi connectivity index (χ2v) is 4.08. The molecule has 1 rings (SSSR count). The molecule has 1 aromatic rings. The normalized spacial score (nSPS) is 15.4. The topological polar surface area (TPSA) is 58.3 Å². The van der Waals surface area contributed by atoms with Crippen molar-refractivity contribution in [3.63, 3.8) is 0 Å². The van der Waals surface area contributed by atoms with Gasteiger partial charge < -0.3 is 10.2 Å². The van der Waals surface area contributed by atoms with Crippen LogP contribution in [0.1, 0.15) is 45.4 Å². The van der Waals surface area contributed by atoms with E-state index >= 15 is 0 Å².